The van der Waals surface area contributed by atoms with Crippen LogP contribution in [0.15, 0.2) is 6.20 Å². The van der Waals surface area contributed by atoms with E-state index >= 15 is 0 Å². The van der Waals surface area contributed by atoms with Crippen LogP contribution in [0.4, 0.5) is 5.95 Å². The molecule has 1 heterocycles. The zero-order valence-electron chi connectivity index (χ0n) is 10.1. The van der Waals surface area contributed by atoms with Gasteiger partial charge in [0.05, 0.1) is 0 Å². The number of hydrogen-bond acceptors (Lipinski definition) is 4. The Morgan fingerprint density at radius 1 is 1.50 bits per heavy atom. The van der Waals surface area contributed by atoms with Crippen molar-refractivity contribution in [1.29, 1.82) is 0 Å². The van der Waals surface area contributed by atoms with Gasteiger partial charge in [-0.05, 0) is 25.7 Å². The van der Waals surface area contributed by atoms with E-state index in [-0.39, 0.29) is 0 Å². The molecular formula is C12H20N4. The average Bonchev–Trinajstić information content (AvgIpc) is 2.23. The standard InChI is InChI=1S/C12H20N4/c1-9-11(6-13)7-14-12(15-9)16(2)8-10-4-3-5-10/h7,10H,3-6,8,13H2,1-2H3. The highest BCUT2D eigenvalue weighted by molar-refractivity contribution is 5.31. The minimum absolute atomic E-state index is 0.512. The normalized spacial score (nSPS) is 15.9. The molecule has 1 aromatic rings. The van der Waals surface area contributed by atoms with E-state index in [1.54, 1.807) is 0 Å². The SMILES string of the molecule is Cc1nc(N(C)CC2CCC2)ncc1CN. The lowest BCUT2D eigenvalue weighted by Crippen LogP contribution is -2.30. The Balaban J connectivity index is 2.04. The van der Waals surface area contributed by atoms with Crippen LogP contribution in [-0.4, -0.2) is 23.6 Å². The van der Waals surface area contributed by atoms with Crippen molar-refractivity contribution in [3.8, 4) is 0 Å². The molecule has 1 aromatic heterocycles. The lowest BCUT2D eigenvalue weighted by Gasteiger charge is -2.30. The van der Waals surface area contributed by atoms with Crippen LogP contribution in [0, 0.1) is 12.8 Å². The number of nitrogens with two attached hydrogens (primary N) is 1. The van der Waals surface area contributed by atoms with Gasteiger partial charge < -0.3 is 10.6 Å². The van der Waals surface area contributed by atoms with Crippen LogP contribution < -0.4 is 10.6 Å². The van der Waals surface area contributed by atoms with Gasteiger partial charge in [0.2, 0.25) is 5.95 Å². The van der Waals surface area contributed by atoms with E-state index in [2.05, 4.69) is 21.9 Å². The average molecular weight is 220 g/mol. The maximum absolute atomic E-state index is 5.59. The van der Waals surface area contributed by atoms with Crippen molar-refractivity contribution >= 4 is 5.95 Å². The minimum atomic E-state index is 0.512. The van der Waals surface area contributed by atoms with Gasteiger partial charge in [-0.15, -0.1) is 0 Å². The van der Waals surface area contributed by atoms with E-state index in [0.29, 0.717) is 6.54 Å². The van der Waals surface area contributed by atoms with Crippen LogP contribution >= 0.6 is 0 Å². The zero-order valence-corrected chi connectivity index (χ0v) is 10.1. The molecule has 0 aromatic carbocycles. The summed E-state index contributed by atoms with van der Waals surface area (Å²) in [6, 6.07) is 0. The molecule has 0 saturated heterocycles. The van der Waals surface area contributed by atoms with Crippen molar-refractivity contribution in [2.45, 2.75) is 32.7 Å². The molecule has 4 heteroatoms. The smallest absolute Gasteiger partial charge is 0.225 e. The summed E-state index contributed by atoms with van der Waals surface area (Å²) >= 11 is 0. The Morgan fingerprint density at radius 3 is 2.75 bits per heavy atom. The molecule has 0 spiro atoms. The topological polar surface area (TPSA) is 55.0 Å². The van der Waals surface area contributed by atoms with Crippen LogP contribution in [0.5, 0.6) is 0 Å². The molecule has 2 rings (SSSR count). The molecular weight excluding hydrogens is 200 g/mol. The molecule has 0 amide bonds. The van der Waals surface area contributed by atoms with Gasteiger partial charge in [0.1, 0.15) is 0 Å². The molecule has 16 heavy (non-hydrogen) atoms. The van der Waals surface area contributed by atoms with Gasteiger partial charge in [-0.25, -0.2) is 9.97 Å². The number of nitrogens with zero attached hydrogens (tertiary/aromatic N) is 3. The number of anilines is 1. The van der Waals surface area contributed by atoms with Gasteiger partial charge in [-0.2, -0.15) is 0 Å². The first-order chi connectivity index (χ1) is 7.70. The van der Waals surface area contributed by atoms with E-state index in [0.717, 1.165) is 29.7 Å². The van der Waals surface area contributed by atoms with Gasteiger partial charge in [0.15, 0.2) is 0 Å². The van der Waals surface area contributed by atoms with Crippen LogP contribution in [0.2, 0.25) is 0 Å². The first-order valence-corrected chi connectivity index (χ1v) is 5.94. The quantitative estimate of drug-likeness (QED) is 0.835. The van der Waals surface area contributed by atoms with E-state index in [1.807, 2.05) is 13.1 Å². The molecule has 88 valence electrons. The van der Waals surface area contributed by atoms with E-state index in [9.17, 15) is 0 Å². The minimum Gasteiger partial charge on any atom is -0.344 e. The third-order valence-electron chi connectivity index (χ3n) is 3.39. The van der Waals surface area contributed by atoms with Crippen molar-refractivity contribution < 1.29 is 0 Å². The maximum Gasteiger partial charge on any atom is 0.225 e. The summed E-state index contributed by atoms with van der Waals surface area (Å²) in [6.45, 7) is 3.57. The van der Waals surface area contributed by atoms with E-state index < -0.39 is 0 Å². The number of aryl methyl sites for hydroxylation is 1. The van der Waals surface area contributed by atoms with Crippen molar-refractivity contribution in [3.63, 3.8) is 0 Å². The third-order valence-corrected chi connectivity index (χ3v) is 3.39. The third kappa shape index (κ3) is 2.32. The van der Waals surface area contributed by atoms with Crippen LogP contribution in [0.3, 0.4) is 0 Å². The van der Waals surface area contributed by atoms with Gasteiger partial charge in [0.25, 0.3) is 0 Å². The highest BCUT2D eigenvalue weighted by atomic mass is 15.2. The predicted molar refractivity (Wildman–Crippen MR) is 65.3 cm³/mol. The fourth-order valence-electron chi connectivity index (χ4n) is 2.01. The summed E-state index contributed by atoms with van der Waals surface area (Å²) < 4.78 is 0. The number of hydrogen-bond donors (Lipinski definition) is 1. The summed E-state index contributed by atoms with van der Waals surface area (Å²) in [5, 5.41) is 0. The Morgan fingerprint density at radius 2 is 2.25 bits per heavy atom. The first-order valence-electron chi connectivity index (χ1n) is 5.94. The fourth-order valence-corrected chi connectivity index (χ4v) is 2.01. The number of aromatic nitrogens is 2. The van der Waals surface area contributed by atoms with E-state index in [1.165, 1.54) is 19.3 Å². The Labute approximate surface area is 96.9 Å². The Hall–Kier alpha value is -1.16. The highest BCUT2D eigenvalue weighted by Crippen LogP contribution is 2.27. The molecule has 1 aliphatic rings. The van der Waals surface area contributed by atoms with Gasteiger partial charge in [-0.1, -0.05) is 6.42 Å². The first kappa shape index (κ1) is 11.3. The molecule has 0 bridgehead atoms. The van der Waals surface area contributed by atoms with E-state index in [4.69, 9.17) is 5.73 Å². The van der Waals surface area contributed by atoms with Gasteiger partial charge in [-0.3, -0.25) is 0 Å². The molecule has 0 atom stereocenters. The molecule has 0 unspecified atom stereocenters. The summed E-state index contributed by atoms with van der Waals surface area (Å²) in [5.74, 6) is 1.66. The summed E-state index contributed by atoms with van der Waals surface area (Å²) in [6.07, 6.45) is 5.92. The van der Waals surface area contributed by atoms with Gasteiger partial charge >= 0.3 is 0 Å². The lowest BCUT2D eigenvalue weighted by molar-refractivity contribution is 0.320. The second-order valence-corrected chi connectivity index (χ2v) is 4.66. The highest BCUT2D eigenvalue weighted by Gasteiger charge is 2.20. The lowest BCUT2D eigenvalue weighted by atomic mass is 9.85. The Bertz CT molecular complexity index is 360. The van der Waals surface area contributed by atoms with Crippen LogP contribution in [-0.2, 0) is 6.54 Å². The van der Waals surface area contributed by atoms with Gasteiger partial charge in [0, 0.05) is 37.6 Å². The largest absolute Gasteiger partial charge is 0.344 e. The molecule has 0 aliphatic heterocycles. The molecule has 1 saturated carbocycles. The Kier molecular flexibility index (Phi) is 3.39. The molecule has 0 radical (unpaired) electrons. The number of rotatable bonds is 4. The maximum atomic E-state index is 5.59. The van der Waals surface area contributed by atoms with Crippen LogP contribution in [0.1, 0.15) is 30.5 Å². The molecule has 1 aliphatic carbocycles. The summed E-state index contributed by atoms with van der Waals surface area (Å²) in [4.78, 5) is 11.0. The second-order valence-electron chi connectivity index (χ2n) is 4.66. The monoisotopic (exact) mass is 220 g/mol. The fraction of sp³-hybridized carbons (Fsp3) is 0.667. The molecule has 2 N–H and O–H groups in total. The van der Waals surface area contributed by atoms with Crippen molar-refractivity contribution in [1.82, 2.24) is 9.97 Å². The van der Waals surface area contributed by atoms with Crippen molar-refractivity contribution in [3.05, 3.63) is 17.5 Å². The summed E-state index contributed by atoms with van der Waals surface area (Å²) in [5.41, 5.74) is 7.62. The molecule has 4 nitrogen and oxygen atoms in total. The zero-order chi connectivity index (χ0) is 11.5. The van der Waals surface area contributed by atoms with Crippen LogP contribution in [0.25, 0.3) is 0 Å². The van der Waals surface area contributed by atoms with Crippen molar-refractivity contribution in [2.75, 3.05) is 18.5 Å². The molecule has 1 fully saturated rings. The second kappa shape index (κ2) is 4.78. The van der Waals surface area contributed by atoms with Crippen molar-refractivity contribution in [2.24, 2.45) is 11.7 Å². The summed E-state index contributed by atoms with van der Waals surface area (Å²) in [7, 11) is 2.06. The predicted octanol–water partition coefficient (Wildman–Crippen LogP) is 1.48.